The minimum Gasteiger partial charge on any atom is -0.370 e. The summed E-state index contributed by atoms with van der Waals surface area (Å²) < 4.78 is 0. The Kier molecular flexibility index (Phi) is 4.95. The maximum atomic E-state index is 11.2. The third-order valence-electron chi connectivity index (χ3n) is 3.86. The van der Waals surface area contributed by atoms with Gasteiger partial charge in [0.1, 0.15) is 5.82 Å². The fraction of sp³-hybridized carbons (Fsp3) is 0.643. The van der Waals surface area contributed by atoms with Crippen LogP contribution in [0.2, 0.25) is 0 Å². The smallest absolute Gasteiger partial charge is 0.311 e. The van der Waals surface area contributed by atoms with Crippen molar-refractivity contribution in [2.24, 2.45) is 5.92 Å². The van der Waals surface area contributed by atoms with E-state index in [0.29, 0.717) is 17.6 Å². The third-order valence-corrected chi connectivity index (χ3v) is 3.86. The summed E-state index contributed by atoms with van der Waals surface area (Å²) in [6, 6.07) is 3.36. The summed E-state index contributed by atoms with van der Waals surface area (Å²) in [5.41, 5.74) is 0.0304. The van der Waals surface area contributed by atoms with E-state index in [1.807, 2.05) is 6.92 Å². The fourth-order valence-corrected chi connectivity index (χ4v) is 2.73. The van der Waals surface area contributed by atoms with Crippen LogP contribution in [-0.4, -0.2) is 47.5 Å². The molecule has 1 aromatic rings. The number of aromatic nitrogens is 1. The summed E-state index contributed by atoms with van der Waals surface area (Å²) >= 11 is 0. The predicted octanol–water partition coefficient (Wildman–Crippen LogP) is 2.17. The molecule has 0 spiro atoms. The first kappa shape index (κ1) is 15.5. The first-order chi connectivity index (χ1) is 10.0. The Bertz CT molecular complexity index is 508. The van der Waals surface area contributed by atoms with Crippen LogP contribution in [0, 0.1) is 16.0 Å². The van der Waals surface area contributed by atoms with Gasteiger partial charge in [-0.2, -0.15) is 0 Å². The normalized spacial score (nSPS) is 22.8. The molecule has 1 aromatic heterocycles. The molecule has 2 heterocycles. The Labute approximate surface area is 124 Å². The first-order valence-corrected chi connectivity index (χ1v) is 7.35. The van der Waals surface area contributed by atoms with Gasteiger partial charge in [-0.3, -0.25) is 10.1 Å². The van der Waals surface area contributed by atoms with Gasteiger partial charge < -0.3 is 15.5 Å². The van der Waals surface area contributed by atoms with E-state index >= 15 is 0 Å². The van der Waals surface area contributed by atoms with Gasteiger partial charge in [0.2, 0.25) is 5.82 Å². The SMILES string of the molecule is CCNc1ccc([N+](=O)[O-])c(NC2CCN(C)CC2C)n1. The summed E-state index contributed by atoms with van der Waals surface area (Å²) in [6.07, 6.45) is 0.960. The van der Waals surface area contributed by atoms with Crippen molar-refractivity contribution >= 4 is 17.3 Å². The monoisotopic (exact) mass is 293 g/mol. The molecule has 0 aliphatic carbocycles. The van der Waals surface area contributed by atoms with Crippen molar-refractivity contribution in [3.63, 3.8) is 0 Å². The lowest BCUT2D eigenvalue weighted by molar-refractivity contribution is -0.384. The third kappa shape index (κ3) is 3.81. The fourth-order valence-electron chi connectivity index (χ4n) is 2.73. The molecule has 116 valence electrons. The molecular weight excluding hydrogens is 270 g/mol. The number of likely N-dealkylation sites (tertiary alicyclic amines) is 1. The number of piperidine rings is 1. The summed E-state index contributed by atoms with van der Waals surface area (Å²) in [7, 11) is 2.10. The average Bonchev–Trinajstić information content (AvgIpc) is 2.42. The lowest BCUT2D eigenvalue weighted by atomic mass is 9.94. The quantitative estimate of drug-likeness (QED) is 0.639. The Morgan fingerprint density at radius 1 is 1.52 bits per heavy atom. The molecular formula is C14H23N5O2. The van der Waals surface area contributed by atoms with Crippen LogP contribution >= 0.6 is 0 Å². The van der Waals surface area contributed by atoms with Crippen LogP contribution in [0.15, 0.2) is 12.1 Å². The van der Waals surface area contributed by atoms with Crippen molar-refractivity contribution < 1.29 is 4.92 Å². The lowest BCUT2D eigenvalue weighted by Gasteiger charge is -2.35. The molecule has 7 heteroatoms. The molecule has 0 radical (unpaired) electrons. The second kappa shape index (κ2) is 6.71. The summed E-state index contributed by atoms with van der Waals surface area (Å²) in [6.45, 7) is 6.83. The highest BCUT2D eigenvalue weighted by atomic mass is 16.6. The Morgan fingerprint density at radius 2 is 2.29 bits per heavy atom. The summed E-state index contributed by atoms with van der Waals surface area (Å²) in [5.74, 6) is 1.44. The van der Waals surface area contributed by atoms with Gasteiger partial charge in [-0.25, -0.2) is 4.98 Å². The van der Waals surface area contributed by atoms with E-state index in [2.05, 4.69) is 34.5 Å². The molecule has 2 rings (SSSR count). The zero-order valence-electron chi connectivity index (χ0n) is 12.8. The van der Waals surface area contributed by atoms with E-state index in [0.717, 1.165) is 26.1 Å². The van der Waals surface area contributed by atoms with Crippen LogP contribution in [0.1, 0.15) is 20.3 Å². The van der Waals surface area contributed by atoms with Gasteiger partial charge >= 0.3 is 5.69 Å². The zero-order chi connectivity index (χ0) is 15.4. The Hall–Kier alpha value is -1.89. The topological polar surface area (TPSA) is 83.3 Å². The second-order valence-electron chi connectivity index (χ2n) is 5.63. The first-order valence-electron chi connectivity index (χ1n) is 7.35. The van der Waals surface area contributed by atoms with Crippen molar-refractivity contribution in [3.05, 3.63) is 22.2 Å². The highest BCUT2D eigenvalue weighted by Gasteiger charge is 2.27. The minimum absolute atomic E-state index is 0.0304. The molecule has 1 saturated heterocycles. The Morgan fingerprint density at radius 3 is 2.90 bits per heavy atom. The van der Waals surface area contributed by atoms with Crippen molar-refractivity contribution in [1.82, 2.24) is 9.88 Å². The van der Waals surface area contributed by atoms with Crippen molar-refractivity contribution in [3.8, 4) is 0 Å². The van der Waals surface area contributed by atoms with E-state index < -0.39 is 0 Å². The number of hydrogen-bond acceptors (Lipinski definition) is 6. The Balaban J connectivity index is 2.20. The molecule has 7 nitrogen and oxygen atoms in total. The number of nitro groups is 1. The van der Waals surface area contributed by atoms with Crippen LogP contribution in [0.3, 0.4) is 0 Å². The van der Waals surface area contributed by atoms with Crippen molar-refractivity contribution in [1.29, 1.82) is 0 Å². The average molecular weight is 293 g/mol. The van der Waals surface area contributed by atoms with Gasteiger partial charge in [-0.15, -0.1) is 0 Å². The van der Waals surface area contributed by atoms with Crippen LogP contribution < -0.4 is 10.6 Å². The second-order valence-corrected chi connectivity index (χ2v) is 5.63. The number of anilines is 2. The minimum atomic E-state index is -0.384. The maximum Gasteiger partial charge on any atom is 0.311 e. The molecule has 21 heavy (non-hydrogen) atoms. The molecule has 2 N–H and O–H groups in total. The van der Waals surface area contributed by atoms with Gasteiger partial charge in [0.15, 0.2) is 0 Å². The van der Waals surface area contributed by atoms with Crippen LogP contribution in [0.5, 0.6) is 0 Å². The molecule has 1 aliphatic heterocycles. The van der Waals surface area contributed by atoms with Gasteiger partial charge in [0.05, 0.1) is 4.92 Å². The molecule has 1 fully saturated rings. The molecule has 0 aromatic carbocycles. The van der Waals surface area contributed by atoms with Gasteiger partial charge in [0.25, 0.3) is 0 Å². The van der Waals surface area contributed by atoms with E-state index in [1.165, 1.54) is 6.07 Å². The number of rotatable bonds is 5. The van der Waals surface area contributed by atoms with E-state index in [9.17, 15) is 10.1 Å². The number of nitrogens with one attached hydrogen (secondary N) is 2. The van der Waals surface area contributed by atoms with Crippen molar-refractivity contribution in [2.45, 2.75) is 26.3 Å². The maximum absolute atomic E-state index is 11.2. The molecule has 1 aliphatic rings. The molecule has 0 amide bonds. The predicted molar refractivity (Wildman–Crippen MR) is 83.7 cm³/mol. The number of nitrogens with zero attached hydrogens (tertiary/aromatic N) is 3. The zero-order valence-corrected chi connectivity index (χ0v) is 12.8. The summed E-state index contributed by atoms with van der Waals surface area (Å²) in [4.78, 5) is 17.4. The van der Waals surface area contributed by atoms with Crippen LogP contribution in [0.25, 0.3) is 0 Å². The van der Waals surface area contributed by atoms with Crippen molar-refractivity contribution in [2.75, 3.05) is 37.3 Å². The van der Waals surface area contributed by atoms with E-state index in [4.69, 9.17) is 0 Å². The number of pyridine rings is 1. The molecule has 0 bridgehead atoms. The molecule has 2 atom stereocenters. The van der Waals surface area contributed by atoms with E-state index in [-0.39, 0.29) is 16.7 Å². The highest BCUT2D eigenvalue weighted by Crippen LogP contribution is 2.27. The summed E-state index contributed by atoms with van der Waals surface area (Å²) in [5, 5.41) is 17.5. The van der Waals surface area contributed by atoms with Gasteiger partial charge in [0, 0.05) is 25.2 Å². The van der Waals surface area contributed by atoms with Gasteiger partial charge in [-0.05, 0) is 38.9 Å². The molecule has 2 unspecified atom stereocenters. The highest BCUT2D eigenvalue weighted by molar-refractivity contribution is 5.60. The molecule has 0 saturated carbocycles. The largest absolute Gasteiger partial charge is 0.370 e. The van der Waals surface area contributed by atoms with Gasteiger partial charge in [-0.1, -0.05) is 6.92 Å². The number of hydrogen-bond donors (Lipinski definition) is 2. The standard InChI is InChI=1S/C14H23N5O2/c1-4-15-13-6-5-12(19(20)21)14(17-13)16-11-7-8-18(3)9-10(11)2/h5-6,10-11H,4,7-9H2,1-3H3,(H2,15,16,17). The lowest BCUT2D eigenvalue weighted by Crippen LogP contribution is -2.43. The van der Waals surface area contributed by atoms with Crippen LogP contribution in [-0.2, 0) is 0 Å². The van der Waals surface area contributed by atoms with E-state index in [1.54, 1.807) is 6.07 Å². The van der Waals surface area contributed by atoms with Crippen LogP contribution in [0.4, 0.5) is 17.3 Å².